The summed E-state index contributed by atoms with van der Waals surface area (Å²) in [7, 11) is 0. The van der Waals surface area contributed by atoms with Crippen LogP contribution in [0.3, 0.4) is 0 Å². The molecular formula is C25H23ClN6O. The molecule has 7 nitrogen and oxygen atoms in total. The summed E-state index contributed by atoms with van der Waals surface area (Å²) in [4.78, 5) is 26.0. The average Bonchev–Trinajstić information content (AvgIpc) is 3.10. The van der Waals surface area contributed by atoms with Gasteiger partial charge < -0.3 is 16.4 Å². The highest BCUT2D eigenvalue weighted by molar-refractivity contribution is 6.31. The molecule has 0 radical (unpaired) electrons. The van der Waals surface area contributed by atoms with E-state index in [-0.39, 0.29) is 18.0 Å². The van der Waals surface area contributed by atoms with Crippen LogP contribution in [-0.2, 0) is 6.42 Å². The monoisotopic (exact) mass is 458 g/mol. The average molecular weight is 459 g/mol. The number of nitrogens with two attached hydrogens (primary N) is 1. The number of hydrogen-bond acceptors (Lipinski definition) is 6. The predicted molar refractivity (Wildman–Crippen MR) is 130 cm³/mol. The highest BCUT2D eigenvalue weighted by atomic mass is 35.5. The lowest BCUT2D eigenvalue weighted by Gasteiger charge is -2.20. The Labute approximate surface area is 196 Å². The zero-order valence-corrected chi connectivity index (χ0v) is 18.8. The normalized spacial score (nSPS) is 19.3. The molecule has 0 saturated heterocycles. The Morgan fingerprint density at radius 1 is 1.21 bits per heavy atom. The first kappa shape index (κ1) is 21.2. The topological polar surface area (TPSA) is 105 Å². The smallest absolute Gasteiger partial charge is 0.251 e. The van der Waals surface area contributed by atoms with Crippen LogP contribution in [0, 0.1) is 5.92 Å². The number of aromatic nitrogens is 2. The van der Waals surface area contributed by atoms with Gasteiger partial charge in [-0.15, -0.1) is 0 Å². The molecule has 166 valence electrons. The van der Waals surface area contributed by atoms with E-state index in [0.29, 0.717) is 29.4 Å². The largest absolute Gasteiger partial charge is 0.386 e. The van der Waals surface area contributed by atoms with Gasteiger partial charge >= 0.3 is 0 Å². The molecule has 1 aromatic carbocycles. The van der Waals surface area contributed by atoms with Gasteiger partial charge in [0.25, 0.3) is 5.91 Å². The van der Waals surface area contributed by atoms with E-state index in [9.17, 15) is 4.79 Å². The summed E-state index contributed by atoms with van der Waals surface area (Å²) in [5.74, 6) is 0.654. The van der Waals surface area contributed by atoms with Crippen LogP contribution in [0.1, 0.15) is 28.5 Å². The van der Waals surface area contributed by atoms with Gasteiger partial charge in [-0.1, -0.05) is 23.7 Å². The first-order valence-corrected chi connectivity index (χ1v) is 11.1. The second kappa shape index (κ2) is 8.67. The van der Waals surface area contributed by atoms with Crippen molar-refractivity contribution in [1.29, 1.82) is 0 Å². The van der Waals surface area contributed by atoms with Crippen LogP contribution in [-0.4, -0.2) is 34.8 Å². The number of amides is 1. The van der Waals surface area contributed by atoms with E-state index >= 15 is 0 Å². The molecule has 2 unspecified atom stereocenters. The second-order valence-corrected chi connectivity index (χ2v) is 8.74. The number of carbonyl (C=O) groups excluding carboxylic acids is 1. The van der Waals surface area contributed by atoms with Crippen LogP contribution in [0.2, 0.25) is 5.02 Å². The quantitative estimate of drug-likeness (QED) is 0.543. The fraction of sp³-hybridized carbons (Fsp3) is 0.200. The number of fused-ring (bicyclic) bond motifs is 2. The van der Waals surface area contributed by atoms with Crippen LogP contribution in [0.4, 0.5) is 0 Å². The summed E-state index contributed by atoms with van der Waals surface area (Å²) in [5.41, 5.74) is 11.3. The fourth-order valence-electron chi connectivity index (χ4n) is 4.15. The van der Waals surface area contributed by atoms with Crippen LogP contribution in [0.15, 0.2) is 76.8 Å². The molecule has 8 heteroatoms. The van der Waals surface area contributed by atoms with Gasteiger partial charge in [-0.05, 0) is 54.0 Å². The van der Waals surface area contributed by atoms with Gasteiger partial charge in [0, 0.05) is 54.1 Å². The minimum absolute atomic E-state index is 0.0471. The van der Waals surface area contributed by atoms with Gasteiger partial charge in [0.15, 0.2) is 0 Å². The molecule has 33 heavy (non-hydrogen) atoms. The third-order valence-corrected chi connectivity index (χ3v) is 6.20. The van der Waals surface area contributed by atoms with Crippen LogP contribution in [0.25, 0.3) is 10.9 Å². The van der Waals surface area contributed by atoms with Crippen LogP contribution >= 0.6 is 11.6 Å². The molecule has 1 amide bonds. The van der Waals surface area contributed by atoms with Gasteiger partial charge in [-0.25, -0.2) is 0 Å². The van der Waals surface area contributed by atoms with Crippen molar-refractivity contribution in [2.45, 2.75) is 19.5 Å². The Morgan fingerprint density at radius 2 is 2.09 bits per heavy atom. The summed E-state index contributed by atoms with van der Waals surface area (Å²) in [6.07, 6.45) is 7.76. The summed E-state index contributed by atoms with van der Waals surface area (Å²) >= 11 is 6.07. The van der Waals surface area contributed by atoms with E-state index in [2.05, 4.69) is 31.7 Å². The van der Waals surface area contributed by atoms with Gasteiger partial charge in [-0.2, -0.15) is 0 Å². The SMILES string of the molecule is CC1=C(N)NC2N=CC(CNC(=O)c3ccnc(Cc4ccc5ncc(Cl)cc5c4)c3)=CC12. The summed E-state index contributed by atoms with van der Waals surface area (Å²) in [5, 5.41) is 7.72. The fourth-order valence-corrected chi connectivity index (χ4v) is 4.32. The van der Waals surface area contributed by atoms with Crippen molar-refractivity contribution in [2.75, 3.05) is 6.54 Å². The van der Waals surface area contributed by atoms with Crippen molar-refractivity contribution in [3.63, 3.8) is 0 Å². The standard InChI is InChI=1S/C25H23ClN6O/c1-14-21-8-16(11-30-24(21)32-23(14)27)12-31-25(33)17-4-5-28-20(10-17)7-15-2-3-22-18(6-15)9-19(26)13-29-22/h2-6,8-11,13,21,24,32H,7,12,27H2,1H3,(H,31,33). The van der Waals surface area contributed by atoms with Gasteiger partial charge in [0.2, 0.25) is 0 Å². The Balaban J connectivity index is 1.25. The predicted octanol–water partition coefficient (Wildman–Crippen LogP) is 3.35. The lowest BCUT2D eigenvalue weighted by molar-refractivity contribution is 0.0957. The highest BCUT2D eigenvalue weighted by Crippen LogP contribution is 2.28. The maximum Gasteiger partial charge on any atom is 0.251 e. The molecule has 4 N–H and O–H groups in total. The maximum absolute atomic E-state index is 12.8. The number of nitrogens with zero attached hydrogens (tertiary/aromatic N) is 3. The number of dihydropyridines is 1. The lowest BCUT2D eigenvalue weighted by Crippen LogP contribution is -2.32. The summed E-state index contributed by atoms with van der Waals surface area (Å²) in [6, 6.07) is 11.5. The number of pyridine rings is 2. The Bertz CT molecular complexity index is 1350. The Kier molecular flexibility index (Phi) is 5.56. The van der Waals surface area contributed by atoms with Crippen molar-refractivity contribution in [3.8, 4) is 0 Å². The minimum Gasteiger partial charge on any atom is -0.386 e. The molecule has 0 aliphatic carbocycles. The van der Waals surface area contributed by atoms with E-state index in [1.165, 1.54) is 0 Å². The first-order chi connectivity index (χ1) is 16.0. The maximum atomic E-state index is 12.8. The van der Waals surface area contributed by atoms with Crippen LogP contribution in [0.5, 0.6) is 0 Å². The molecule has 2 aromatic heterocycles. The van der Waals surface area contributed by atoms with Crippen molar-refractivity contribution < 1.29 is 4.79 Å². The molecule has 0 spiro atoms. The van der Waals surface area contributed by atoms with Gasteiger partial charge in [0.05, 0.1) is 16.4 Å². The van der Waals surface area contributed by atoms with Crippen molar-refractivity contribution in [1.82, 2.24) is 20.6 Å². The number of aliphatic imine (C=N–C) groups is 1. The molecule has 2 atom stereocenters. The number of benzene rings is 1. The number of hydrogen-bond donors (Lipinski definition) is 3. The molecule has 5 rings (SSSR count). The molecule has 2 aliphatic rings. The zero-order valence-electron chi connectivity index (χ0n) is 18.0. The second-order valence-electron chi connectivity index (χ2n) is 8.31. The Morgan fingerprint density at radius 3 is 2.97 bits per heavy atom. The number of nitrogens with one attached hydrogen (secondary N) is 2. The van der Waals surface area contributed by atoms with Crippen molar-refractivity contribution >= 4 is 34.6 Å². The van der Waals surface area contributed by atoms with E-state index in [0.717, 1.165) is 33.3 Å². The van der Waals surface area contributed by atoms with Crippen molar-refractivity contribution in [3.05, 3.63) is 93.7 Å². The molecule has 4 heterocycles. The van der Waals surface area contributed by atoms with Crippen LogP contribution < -0.4 is 16.4 Å². The number of rotatable bonds is 5. The highest BCUT2D eigenvalue weighted by Gasteiger charge is 2.31. The van der Waals surface area contributed by atoms with E-state index in [1.807, 2.05) is 37.3 Å². The van der Waals surface area contributed by atoms with E-state index in [4.69, 9.17) is 17.3 Å². The third kappa shape index (κ3) is 4.45. The van der Waals surface area contributed by atoms with Gasteiger partial charge in [-0.3, -0.25) is 19.8 Å². The first-order valence-electron chi connectivity index (χ1n) is 10.7. The summed E-state index contributed by atoms with van der Waals surface area (Å²) < 4.78 is 0. The van der Waals surface area contributed by atoms with Crippen molar-refractivity contribution in [2.24, 2.45) is 16.6 Å². The zero-order chi connectivity index (χ0) is 22.9. The van der Waals surface area contributed by atoms with Gasteiger partial charge in [0.1, 0.15) is 6.17 Å². The summed E-state index contributed by atoms with van der Waals surface area (Å²) in [6.45, 7) is 2.40. The molecule has 0 bridgehead atoms. The number of carbonyl (C=O) groups is 1. The molecule has 0 fully saturated rings. The van der Waals surface area contributed by atoms with E-state index < -0.39 is 0 Å². The molecule has 0 saturated carbocycles. The van der Waals surface area contributed by atoms with E-state index in [1.54, 1.807) is 24.7 Å². The third-order valence-electron chi connectivity index (χ3n) is 5.99. The molecular weight excluding hydrogens is 436 g/mol. The number of halogens is 1. The Hall–Kier alpha value is -3.71. The molecule has 2 aliphatic heterocycles. The molecule has 3 aromatic rings. The lowest BCUT2D eigenvalue weighted by atomic mass is 9.95. The minimum atomic E-state index is -0.152.